The lowest BCUT2D eigenvalue weighted by Crippen LogP contribution is -2.69. The van der Waals surface area contributed by atoms with E-state index in [2.05, 4.69) is 15.0 Å². The van der Waals surface area contributed by atoms with Crippen LogP contribution in [0, 0.1) is 5.82 Å². The first-order valence-electron chi connectivity index (χ1n) is 6.18. The van der Waals surface area contributed by atoms with E-state index in [1.807, 2.05) is 0 Å². The highest BCUT2D eigenvalue weighted by Gasteiger charge is 2.70. The van der Waals surface area contributed by atoms with Crippen molar-refractivity contribution in [3.05, 3.63) is 24.0 Å². The van der Waals surface area contributed by atoms with Gasteiger partial charge in [-0.3, -0.25) is 0 Å². The Morgan fingerprint density at radius 3 is 2.60 bits per heavy atom. The molecule has 1 aromatic rings. The van der Waals surface area contributed by atoms with E-state index in [1.54, 1.807) is 0 Å². The van der Waals surface area contributed by atoms with E-state index < -0.39 is 27.0 Å². The van der Waals surface area contributed by atoms with Gasteiger partial charge in [-0.15, -0.1) is 0 Å². The molecule has 0 radical (unpaired) electrons. The van der Waals surface area contributed by atoms with Crippen molar-refractivity contribution in [2.75, 3.05) is 5.32 Å². The van der Waals surface area contributed by atoms with Crippen LogP contribution in [-0.4, -0.2) is 25.6 Å². The first-order chi connectivity index (χ1) is 9.29. The Morgan fingerprint density at radius 1 is 1.25 bits per heavy atom. The van der Waals surface area contributed by atoms with Crippen LogP contribution in [0.15, 0.2) is 28.1 Å². The number of rotatable bonds is 1. The number of nitrogens with zero attached hydrogens (tertiary/aromatic N) is 1. The highest BCUT2D eigenvalue weighted by Crippen LogP contribution is 2.65. The second kappa shape index (κ2) is 3.30. The summed E-state index contributed by atoms with van der Waals surface area (Å²) in [6, 6.07) is 3.46. The van der Waals surface area contributed by atoms with Gasteiger partial charge in [-0.25, -0.2) is 26.9 Å². The molecule has 1 aliphatic heterocycles. The van der Waals surface area contributed by atoms with Gasteiger partial charge in [0.05, 0.1) is 11.2 Å². The molecule has 0 atom stereocenters. The number of nitrogens with one attached hydrogen (secondary N) is 2. The number of hydrogen-bond donors (Lipinski definition) is 2. The van der Waals surface area contributed by atoms with Crippen LogP contribution in [0.2, 0.25) is 0 Å². The molecule has 3 saturated carbocycles. The van der Waals surface area contributed by atoms with Gasteiger partial charge in [0.25, 0.3) is 10.0 Å². The van der Waals surface area contributed by atoms with E-state index in [-0.39, 0.29) is 16.5 Å². The van der Waals surface area contributed by atoms with Crippen LogP contribution in [0.3, 0.4) is 0 Å². The normalized spacial score (nSPS) is 38.0. The number of hydrogen-bond acceptors (Lipinski definition) is 3. The maximum atomic E-state index is 13.4. The second-order valence-corrected chi connectivity index (χ2v) is 7.39. The van der Waals surface area contributed by atoms with Crippen LogP contribution in [0.25, 0.3) is 0 Å². The smallest absolute Gasteiger partial charge is 0.266 e. The number of alkyl halides is 1. The topological polar surface area (TPSA) is 70.6 Å². The number of guanidine groups is 1. The van der Waals surface area contributed by atoms with Gasteiger partial charge in [0, 0.05) is 19.3 Å². The summed E-state index contributed by atoms with van der Waals surface area (Å²) in [4.78, 5) is 4.13. The highest BCUT2D eigenvalue weighted by molar-refractivity contribution is 7.90. The third kappa shape index (κ3) is 1.57. The summed E-state index contributed by atoms with van der Waals surface area (Å²) < 4.78 is 52.9. The fraction of sp³-hybridized carbons (Fsp3) is 0.417. The Kier molecular flexibility index (Phi) is 1.99. The molecule has 2 N–H and O–H groups in total. The van der Waals surface area contributed by atoms with Gasteiger partial charge < -0.3 is 5.32 Å². The molecule has 4 aliphatic rings. The van der Waals surface area contributed by atoms with Crippen LogP contribution in [-0.2, 0) is 10.0 Å². The standard InChI is InChI=1S/C12H11F2N3O2S/c13-7-1-2-8-9(3-7)20(18,19)17-10(15-8)16-12-4-11(14,5-12)6-12/h1-3H,4-6H2,(H2,15,16,17). The van der Waals surface area contributed by atoms with Gasteiger partial charge in [-0.2, -0.15) is 0 Å². The molecule has 0 spiro atoms. The van der Waals surface area contributed by atoms with Crippen molar-refractivity contribution >= 4 is 21.7 Å². The minimum absolute atomic E-state index is 0.0749. The monoisotopic (exact) mass is 299 g/mol. The zero-order valence-corrected chi connectivity index (χ0v) is 11.1. The molecule has 20 heavy (non-hydrogen) atoms. The van der Waals surface area contributed by atoms with Gasteiger partial charge in [0.2, 0.25) is 5.96 Å². The SMILES string of the molecule is O=S1(=O)NC(=NC23CC(F)(C2)C3)Nc2ccc(F)cc21. The van der Waals surface area contributed by atoms with Crippen LogP contribution >= 0.6 is 0 Å². The van der Waals surface area contributed by atoms with Crippen molar-refractivity contribution in [1.29, 1.82) is 0 Å². The van der Waals surface area contributed by atoms with Crippen LogP contribution < -0.4 is 10.0 Å². The number of benzene rings is 1. The lowest BCUT2D eigenvalue weighted by Gasteiger charge is -2.63. The van der Waals surface area contributed by atoms with Crippen molar-refractivity contribution < 1.29 is 17.2 Å². The van der Waals surface area contributed by atoms with E-state index in [0.717, 1.165) is 6.07 Å². The van der Waals surface area contributed by atoms with Crippen molar-refractivity contribution in [2.24, 2.45) is 4.99 Å². The summed E-state index contributed by atoms with van der Waals surface area (Å²) in [6.07, 6.45) is 1.01. The molecular weight excluding hydrogens is 288 g/mol. The third-order valence-corrected chi connectivity index (χ3v) is 5.38. The zero-order chi connectivity index (χ0) is 14.2. The van der Waals surface area contributed by atoms with Gasteiger partial charge in [0.15, 0.2) is 0 Å². The molecule has 5 nitrogen and oxygen atoms in total. The minimum atomic E-state index is -3.85. The predicted octanol–water partition coefficient (Wildman–Crippen LogP) is 1.53. The number of halogens is 2. The number of aliphatic imine (C=N–C) groups is 1. The second-order valence-electron chi connectivity index (χ2n) is 5.74. The first-order valence-corrected chi connectivity index (χ1v) is 7.66. The molecule has 1 heterocycles. The summed E-state index contributed by atoms with van der Waals surface area (Å²) in [5, 5.41) is 2.81. The average molecular weight is 299 g/mol. The van der Waals surface area contributed by atoms with Gasteiger partial charge in [-0.1, -0.05) is 0 Å². The maximum absolute atomic E-state index is 13.4. The maximum Gasteiger partial charge on any atom is 0.266 e. The Hall–Kier alpha value is -1.70. The molecule has 1 aromatic carbocycles. The van der Waals surface area contributed by atoms with E-state index in [0.29, 0.717) is 19.3 Å². The van der Waals surface area contributed by atoms with Crippen molar-refractivity contribution in [1.82, 2.24) is 4.72 Å². The van der Waals surface area contributed by atoms with E-state index in [9.17, 15) is 17.2 Å². The first kappa shape index (κ1) is 12.1. The van der Waals surface area contributed by atoms with E-state index >= 15 is 0 Å². The average Bonchev–Trinajstić information content (AvgIpc) is 2.26. The fourth-order valence-electron chi connectivity index (χ4n) is 3.18. The summed E-state index contributed by atoms with van der Waals surface area (Å²) >= 11 is 0. The molecule has 106 valence electrons. The molecule has 2 bridgehead atoms. The number of fused-ring (bicyclic) bond motifs is 1. The van der Waals surface area contributed by atoms with Gasteiger partial charge in [0.1, 0.15) is 16.4 Å². The third-order valence-electron chi connectivity index (χ3n) is 4.00. The largest absolute Gasteiger partial charge is 0.324 e. The van der Waals surface area contributed by atoms with Gasteiger partial charge in [-0.05, 0) is 18.2 Å². The highest BCUT2D eigenvalue weighted by atomic mass is 32.2. The van der Waals surface area contributed by atoms with Crippen molar-refractivity contribution in [3.8, 4) is 0 Å². The molecule has 5 rings (SSSR count). The number of anilines is 1. The molecule has 0 aromatic heterocycles. The Bertz CT molecular complexity index is 740. The van der Waals surface area contributed by atoms with Crippen LogP contribution in [0.4, 0.5) is 14.5 Å². The summed E-state index contributed by atoms with van der Waals surface area (Å²) in [6.45, 7) is 0. The van der Waals surface area contributed by atoms with E-state index in [4.69, 9.17) is 0 Å². The Labute approximate surface area is 114 Å². The van der Waals surface area contributed by atoms with Crippen LogP contribution in [0.1, 0.15) is 19.3 Å². The number of sulfonamides is 1. The summed E-state index contributed by atoms with van der Waals surface area (Å²) in [7, 11) is -3.85. The van der Waals surface area contributed by atoms with Crippen LogP contribution in [0.5, 0.6) is 0 Å². The molecule has 3 fully saturated rings. The molecular formula is C12H11F2N3O2S. The Morgan fingerprint density at radius 2 is 1.95 bits per heavy atom. The van der Waals surface area contributed by atoms with Crippen molar-refractivity contribution in [3.63, 3.8) is 0 Å². The molecule has 0 saturated heterocycles. The lowest BCUT2D eigenvalue weighted by atomic mass is 9.48. The molecule has 3 aliphatic carbocycles. The Balaban J connectivity index is 1.71. The lowest BCUT2D eigenvalue weighted by molar-refractivity contribution is -0.147. The molecule has 8 heteroatoms. The summed E-state index contributed by atoms with van der Waals surface area (Å²) in [5.74, 6) is -0.555. The van der Waals surface area contributed by atoms with Crippen molar-refractivity contribution in [2.45, 2.75) is 35.4 Å². The predicted molar refractivity (Wildman–Crippen MR) is 68.2 cm³/mol. The zero-order valence-electron chi connectivity index (χ0n) is 10.3. The van der Waals surface area contributed by atoms with E-state index in [1.165, 1.54) is 12.1 Å². The fourth-order valence-corrected chi connectivity index (χ4v) is 4.31. The van der Waals surface area contributed by atoms with Gasteiger partial charge >= 0.3 is 0 Å². The molecule has 0 unspecified atom stereocenters. The quantitative estimate of drug-likeness (QED) is 0.826. The molecule has 0 amide bonds. The summed E-state index contributed by atoms with van der Waals surface area (Å²) in [5.41, 5.74) is -1.30. The minimum Gasteiger partial charge on any atom is -0.324 e.